The summed E-state index contributed by atoms with van der Waals surface area (Å²) in [5.74, 6) is 0.405. The van der Waals surface area contributed by atoms with Crippen LogP contribution < -0.4 is 22.1 Å². The van der Waals surface area contributed by atoms with E-state index in [2.05, 4.69) is 20.6 Å². The van der Waals surface area contributed by atoms with E-state index >= 15 is 0 Å². The number of aliphatic imine (C=N–C) groups is 2. The van der Waals surface area contributed by atoms with Crippen molar-refractivity contribution in [1.82, 2.24) is 5.32 Å². The largest absolute Gasteiger partial charge is 0.369 e. The molecule has 0 aromatic heterocycles. The van der Waals surface area contributed by atoms with Gasteiger partial charge in [0, 0.05) is 29.2 Å². The molecule has 1 amide bonds. The molecule has 0 fully saturated rings. The molecule has 1 aromatic carbocycles. The summed E-state index contributed by atoms with van der Waals surface area (Å²) in [6, 6.07) is 7.09. The second-order valence-corrected chi connectivity index (χ2v) is 7.73. The number of anilines is 1. The molecular formula is C19H31ClN6O. The SMILES string of the molecule is CC(C)(C)C(=O)NCCCCCCN=C(N)N=C(N)Nc1ccc(Cl)cc1. The summed E-state index contributed by atoms with van der Waals surface area (Å²) < 4.78 is 0. The summed E-state index contributed by atoms with van der Waals surface area (Å²) in [7, 11) is 0. The van der Waals surface area contributed by atoms with Gasteiger partial charge in [-0.05, 0) is 37.1 Å². The lowest BCUT2D eigenvalue weighted by Crippen LogP contribution is -2.35. The number of carbonyl (C=O) groups excluding carboxylic acids is 1. The summed E-state index contributed by atoms with van der Waals surface area (Å²) in [6.07, 6.45) is 3.92. The van der Waals surface area contributed by atoms with Crippen molar-refractivity contribution in [2.24, 2.45) is 26.9 Å². The third-order valence-corrected chi connectivity index (χ3v) is 3.93. The van der Waals surface area contributed by atoms with Crippen LogP contribution in [-0.4, -0.2) is 30.9 Å². The zero-order chi connectivity index (χ0) is 20.3. The van der Waals surface area contributed by atoms with Crippen LogP contribution in [-0.2, 0) is 4.79 Å². The minimum Gasteiger partial charge on any atom is -0.369 e. The molecule has 0 radical (unpaired) electrons. The first kappa shape index (κ1) is 22.8. The monoisotopic (exact) mass is 394 g/mol. The highest BCUT2D eigenvalue weighted by Gasteiger charge is 2.19. The Morgan fingerprint density at radius 2 is 1.70 bits per heavy atom. The zero-order valence-corrected chi connectivity index (χ0v) is 17.1. The van der Waals surface area contributed by atoms with Gasteiger partial charge in [0.2, 0.25) is 17.8 Å². The summed E-state index contributed by atoms with van der Waals surface area (Å²) in [5.41, 5.74) is 12.0. The van der Waals surface area contributed by atoms with Gasteiger partial charge >= 0.3 is 0 Å². The molecule has 1 aromatic rings. The van der Waals surface area contributed by atoms with Gasteiger partial charge in [0.1, 0.15) is 0 Å². The molecule has 8 heteroatoms. The van der Waals surface area contributed by atoms with Crippen molar-refractivity contribution in [3.05, 3.63) is 29.3 Å². The number of unbranched alkanes of at least 4 members (excludes halogenated alkanes) is 3. The average Bonchev–Trinajstić information content (AvgIpc) is 2.58. The molecule has 7 nitrogen and oxygen atoms in total. The van der Waals surface area contributed by atoms with Crippen molar-refractivity contribution >= 4 is 35.1 Å². The first-order valence-corrected chi connectivity index (χ1v) is 9.51. The average molecular weight is 395 g/mol. The Hall–Kier alpha value is -2.28. The molecule has 0 atom stereocenters. The summed E-state index contributed by atoms with van der Waals surface area (Å²) in [5, 5.41) is 6.51. The van der Waals surface area contributed by atoms with Crippen LogP contribution in [0.1, 0.15) is 46.5 Å². The molecule has 0 bridgehead atoms. The fraction of sp³-hybridized carbons (Fsp3) is 0.526. The highest BCUT2D eigenvalue weighted by molar-refractivity contribution is 6.30. The Labute approximate surface area is 166 Å². The van der Waals surface area contributed by atoms with Crippen molar-refractivity contribution in [3.8, 4) is 0 Å². The van der Waals surface area contributed by atoms with Crippen LogP contribution in [0, 0.1) is 5.41 Å². The Balaban J connectivity index is 2.19. The highest BCUT2D eigenvalue weighted by atomic mass is 35.5. The van der Waals surface area contributed by atoms with E-state index in [0.717, 1.165) is 31.4 Å². The van der Waals surface area contributed by atoms with Gasteiger partial charge in [0.15, 0.2) is 0 Å². The van der Waals surface area contributed by atoms with E-state index in [1.807, 2.05) is 20.8 Å². The summed E-state index contributed by atoms with van der Waals surface area (Å²) >= 11 is 5.83. The molecule has 0 heterocycles. The first-order chi connectivity index (χ1) is 12.7. The van der Waals surface area contributed by atoms with Crippen LogP contribution in [0.3, 0.4) is 0 Å². The highest BCUT2D eigenvalue weighted by Crippen LogP contribution is 2.13. The topological polar surface area (TPSA) is 118 Å². The zero-order valence-electron chi connectivity index (χ0n) is 16.4. The van der Waals surface area contributed by atoms with E-state index in [-0.39, 0.29) is 23.2 Å². The molecule has 27 heavy (non-hydrogen) atoms. The number of nitrogens with one attached hydrogen (secondary N) is 2. The predicted octanol–water partition coefficient (Wildman–Crippen LogP) is 3.10. The van der Waals surface area contributed by atoms with E-state index in [1.165, 1.54) is 0 Å². The lowest BCUT2D eigenvalue weighted by Gasteiger charge is -2.17. The standard InChI is InChI=1S/C19H31ClN6O/c1-19(2,3)16(27)23-12-6-4-5-7-13-24-17(21)26-18(22)25-15-10-8-14(20)9-11-15/h8-11H,4-7,12-13H2,1-3H3,(H,23,27)(H5,21,22,24,25,26). The number of nitrogens with two attached hydrogens (primary N) is 2. The van der Waals surface area contributed by atoms with E-state index < -0.39 is 0 Å². The maximum Gasteiger partial charge on any atom is 0.225 e. The van der Waals surface area contributed by atoms with E-state index in [1.54, 1.807) is 24.3 Å². The number of hydrogen-bond donors (Lipinski definition) is 4. The maximum absolute atomic E-state index is 11.7. The summed E-state index contributed by atoms with van der Waals surface area (Å²) in [4.78, 5) is 19.9. The quantitative estimate of drug-likeness (QED) is 0.307. The van der Waals surface area contributed by atoms with Crippen LogP contribution in [0.15, 0.2) is 34.3 Å². The van der Waals surface area contributed by atoms with Crippen molar-refractivity contribution in [2.75, 3.05) is 18.4 Å². The van der Waals surface area contributed by atoms with Crippen molar-refractivity contribution in [3.63, 3.8) is 0 Å². The van der Waals surface area contributed by atoms with Gasteiger partial charge in [-0.3, -0.25) is 9.79 Å². The predicted molar refractivity (Wildman–Crippen MR) is 114 cm³/mol. The molecule has 0 aliphatic carbocycles. The van der Waals surface area contributed by atoms with Crippen LogP contribution in [0.25, 0.3) is 0 Å². The van der Waals surface area contributed by atoms with E-state index in [0.29, 0.717) is 18.1 Å². The lowest BCUT2D eigenvalue weighted by atomic mass is 9.96. The number of guanidine groups is 2. The molecule has 1 rings (SSSR count). The second-order valence-electron chi connectivity index (χ2n) is 7.29. The summed E-state index contributed by atoms with van der Waals surface area (Å²) in [6.45, 7) is 7.03. The number of rotatable bonds is 8. The Kier molecular flexibility index (Phi) is 9.64. The molecule has 6 N–H and O–H groups in total. The van der Waals surface area contributed by atoms with Gasteiger partial charge in [-0.2, -0.15) is 4.99 Å². The van der Waals surface area contributed by atoms with Crippen LogP contribution in [0.5, 0.6) is 0 Å². The first-order valence-electron chi connectivity index (χ1n) is 9.13. The fourth-order valence-electron chi connectivity index (χ4n) is 2.12. The normalized spacial score (nSPS) is 12.7. The third-order valence-electron chi connectivity index (χ3n) is 3.68. The van der Waals surface area contributed by atoms with E-state index in [9.17, 15) is 4.79 Å². The molecule has 0 aliphatic rings. The Morgan fingerprint density at radius 1 is 1.07 bits per heavy atom. The lowest BCUT2D eigenvalue weighted by molar-refractivity contribution is -0.128. The van der Waals surface area contributed by atoms with Gasteiger partial charge in [0.25, 0.3) is 0 Å². The van der Waals surface area contributed by atoms with Crippen LogP contribution in [0.4, 0.5) is 5.69 Å². The molecule has 150 valence electrons. The number of halogens is 1. The van der Waals surface area contributed by atoms with Gasteiger partial charge in [0.05, 0.1) is 0 Å². The molecule has 0 saturated carbocycles. The maximum atomic E-state index is 11.7. The van der Waals surface area contributed by atoms with Gasteiger partial charge < -0.3 is 22.1 Å². The Bertz CT molecular complexity index is 649. The fourth-order valence-corrected chi connectivity index (χ4v) is 2.24. The van der Waals surface area contributed by atoms with Crippen molar-refractivity contribution in [1.29, 1.82) is 0 Å². The second kappa shape index (κ2) is 11.4. The number of benzene rings is 1. The van der Waals surface area contributed by atoms with E-state index in [4.69, 9.17) is 23.1 Å². The van der Waals surface area contributed by atoms with Gasteiger partial charge in [-0.25, -0.2) is 0 Å². The van der Waals surface area contributed by atoms with Crippen LogP contribution >= 0.6 is 11.6 Å². The molecule has 0 aliphatic heterocycles. The van der Waals surface area contributed by atoms with Gasteiger partial charge in [-0.1, -0.05) is 45.2 Å². The molecular weight excluding hydrogens is 364 g/mol. The molecule has 0 saturated heterocycles. The number of hydrogen-bond acceptors (Lipinski definition) is 2. The number of amides is 1. The minimum absolute atomic E-state index is 0.0857. The smallest absolute Gasteiger partial charge is 0.225 e. The van der Waals surface area contributed by atoms with Crippen molar-refractivity contribution < 1.29 is 4.79 Å². The Morgan fingerprint density at radius 3 is 2.33 bits per heavy atom. The van der Waals surface area contributed by atoms with Gasteiger partial charge in [-0.15, -0.1) is 0 Å². The number of carbonyl (C=O) groups is 1. The minimum atomic E-state index is -0.336. The third kappa shape index (κ3) is 10.5. The molecule has 0 spiro atoms. The molecule has 0 unspecified atom stereocenters. The number of nitrogens with zero attached hydrogens (tertiary/aromatic N) is 2. The van der Waals surface area contributed by atoms with Crippen LogP contribution in [0.2, 0.25) is 5.02 Å². The van der Waals surface area contributed by atoms with Crippen molar-refractivity contribution in [2.45, 2.75) is 46.5 Å².